The predicted octanol–water partition coefficient (Wildman–Crippen LogP) is 2.62. The number of anilines is 1. The third-order valence-electron chi connectivity index (χ3n) is 3.72. The zero-order chi connectivity index (χ0) is 16.7. The van der Waals surface area contributed by atoms with Gasteiger partial charge < -0.3 is 9.73 Å². The van der Waals surface area contributed by atoms with E-state index in [1.165, 1.54) is 23.1 Å². The normalized spacial score (nSPS) is 16.1. The highest BCUT2D eigenvalue weighted by Crippen LogP contribution is 2.31. The Labute approximate surface area is 138 Å². The van der Waals surface area contributed by atoms with Crippen LogP contribution in [0.25, 0.3) is 5.69 Å². The molecule has 122 valence electrons. The van der Waals surface area contributed by atoms with Crippen molar-refractivity contribution in [2.75, 3.05) is 5.32 Å². The minimum absolute atomic E-state index is 0.162. The van der Waals surface area contributed by atoms with Crippen molar-refractivity contribution in [1.82, 2.24) is 9.78 Å². The van der Waals surface area contributed by atoms with Crippen LogP contribution in [0, 0.1) is 5.82 Å². The van der Waals surface area contributed by atoms with Gasteiger partial charge in [-0.25, -0.2) is 9.07 Å². The van der Waals surface area contributed by atoms with Crippen LogP contribution >= 0.6 is 0 Å². The van der Waals surface area contributed by atoms with Crippen LogP contribution in [0.3, 0.4) is 0 Å². The number of carbonyl (C=O) groups is 1. The van der Waals surface area contributed by atoms with Crippen molar-refractivity contribution >= 4 is 22.5 Å². The second-order valence-electron chi connectivity index (χ2n) is 5.32. The molecule has 0 spiro atoms. The van der Waals surface area contributed by atoms with Crippen molar-refractivity contribution in [2.45, 2.75) is 11.5 Å². The van der Waals surface area contributed by atoms with Crippen molar-refractivity contribution in [3.63, 3.8) is 0 Å². The van der Waals surface area contributed by atoms with Gasteiger partial charge in [0.25, 0.3) is 5.91 Å². The van der Waals surface area contributed by atoms with Crippen LogP contribution in [0.15, 0.2) is 47.1 Å². The fourth-order valence-corrected chi connectivity index (χ4v) is 3.87. The number of rotatable bonds is 3. The number of furan rings is 1. The van der Waals surface area contributed by atoms with Gasteiger partial charge in [0.15, 0.2) is 5.76 Å². The molecule has 8 heteroatoms. The lowest BCUT2D eigenvalue weighted by Crippen LogP contribution is -2.16. The number of aromatic nitrogens is 2. The molecule has 0 saturated carbocycles. The van der Waals surface area contributed by atoms with E-state index in [0.717, 1.165) is 5.56 Å². The van der Waals surface area contributed by atoms with Crippen molar-refractivity contribution in [2.24, 2.45) is 0 Å². The summed E-state index contributed by atoms with van der Waals surface area (Å²) >= 11 is 0. The maximum atomic E-state index is 13.2. The lowest BCUT2D eigenvalue weighted by molar-refractivity contribution is 0.0996. The van der Waals surface area contributed by atoms with Crippen LogP contribution < -0.4 is 5.32 Å². The molecule has 24 heavy (non-hydrogen) atoms. The highest BCUT2D eigenvalue weighted by atomic mass is 32.2. The highest BCUT2D eigenvalue weighted by Gasteiger charge is 2.28. The smallest absolute Gasteiger partial charge is 0.292 e. The van der Waals surface area contributed by atoms with Gasteiger partial charge in [0, 0.05) is 16.4 Å². The Morgan fingerprint density at radius 3 is 2.75 bits per heavy atom. The van der Waals surface area contributed by atoms with Crippen molar-refractivity contribution in [1.29, 1.82) is 0 Å². The van der Waals surface area contributed by atoms with E-state index in [9.17, 15) is 13.4 Å². The van der Waals surface area contributed by atoms with Gasteiger partial charge in [0.2, 0.25) is 0 Å². The average Bonchev–Trinajstić information content (AvgIpc) is 3.26. The van der Waals surface area contributed by atoms with Crippen LogP contribution in [0.2, 0.25) is 0 Å². The third-order valence-corrected chi connectivity index (χ3v) is 4.92. The Morgan fingerprint density at radius 1 is 1.25 bits per heavy atom. The fraction of sp³-hybridized carbons (Fsp3) is 0.125. The number of hydrogen-bond donors (Lipinski definition) is 1. The minimum atomic E-state index is -1.03. The Morgan fingerprint density at radius 2 is 2.04 bits per heavy atom. The fourth-order valence-electron chi connectivity index (χ4n) is 2.60. The van der Waals surface area contributed by atoms with E-state index in [0.29, 0.717) is 28.7 Å². The SMILES string of the molecule is O=C(Nc1c2c(nn1-c1ccc(F)cc1)C[S@@](=O)C2)c1ccco1. The Bertz CT molecular complexity index is 932. The standard InChI is InChI=1S/C16H12FN3O3S/c17-10-3-5-11(6-4-10)20-15(12-8-24(22)9-13(12)19-20)18-16(21)14-2-1-7-23-14/h1-7H,8-9H2,(H,18,21)/t24-/m0/s1. The van der Waals surface area contributed by atoms with Crippen LogP contribution in [-0.2, 0) is 22.3 Å². The first-order valence-corrected chi connectivity index (χ1v) is 8.67. The Kier molecular flexibility index (Phi) is 3.53. The van der Waals surface area contributed by atoms with E-state index in [1.54, 1.807) is 24.3 Å². The van der Waals surface area contributed by atoms with Gasteiger partial charge in [0.05, 0.1) is 29.2 Å². The maximum absolute atomic E-state index is 13.2. The first-order valence-electron chi connectivity index (χ1n) is 7.18. The number of fused-ring (bicyclic) bond motifs is 1. The van der Waals surface area contributed by atoms with Crippen LogP contribution in [0.1, 0.15) is 21.8 Å². The van der Waals surface area contributed by atoms with Gasteiger partial charge >= 0.3 is 0 Å². The van der Waals surface area contributed by atoms with Gasteiger partial charge in [0.1, 0.15) is 11.6 Å². The lowest BCUT2D eigenvalue weighted by Gasteiger charge is -2.10. The van der Waals surface area contributed by atoms with Gasteiger partial charge in [-0.05, 0) is 36.4 Å². The molecule has 1 aliphatic heterocycles. The number of amides is 1. The quantitative estimate of drug-likeness (QED) is 0.792. The van der Waals surface area contributed by atoms with Gasteiger partial charge in [-0.1, -0.05) is 0 Å². The average molecular weight is 345 g/mol. The summed E-state index contributed by atoms with van der Waals surface area (Å²) < 4.78 is 31.6. The molecule has 1 N–H and O–H groups in total. The minimum Gasteiger partial charge on any atom is -0.459 e. The Hall–Kier alpha value is -2.74. The monoisotopic (exact) mass is 345 g/mol. The molecule has 0 aliphatic carbocycles. The third kappa shape index (κ3) is 2.54. The molecule has 1 aromatic carbocycles. The molecule has 1 atom stereocenters. The van der Waals surface area contributed by atoms with Crippen molar-refractivity contribution in [3.05, 3.63) is 65.5 Å². The topological polar surface area (TPSA) is 77.1 Å². The summed E-state index contributed by atoms with van der Waals surface area (Å²) in [4.78, 5) is 12.3. The summed E-state index contributed by atoms with van der Waals surface area (Å²) in [5.74, 6) is 0.473. The predicted molar refractivity (Wildman–Crippen MR) is 85.7 cm³/mol. The van der Waals surface area contributed by atoms with Crippen LogP contribution in [0.5, 0.6) is 0 Å². The summed E-state index contributed by atoms with van der Waals surface area (Å²) in [5, 5.41) is 7.20. The molecule has 0 fully saturated rings. The first-order chi connectivity index (χ1) is 11.6. The van der Waals surface area contributed by atoms with E-state index in [4.69, 9.17) is 4.42 Å². The maximum Gasteiger partial charge on any atom is 0.292 e. The molecule has 1 amide bonds. The number of nitrogens with zero attached hydrogens (tertiary/aromatic N) is 2. The second kappa shape index (κ2) is 5.72. The Balaban J connectivity index is 1.77. The molecule has 0 saturated heterocycles. The van der Waals surface area contributed by atoms with Crippen molar-refractivity contribution in [3.8, 4) is 5.69 Å². The number of benzene rings is 1. The summed E-state index contributed by atoms with van der Waals surface area (Å²) in [6.07, 6.45) is 1.41. The highest BCUT2D eigenvalue weighted by molar-refractivity contribution is 7.83. The first kappa shape index (κ1) is 14.8. The lowest BCUT2D eigenvalue weighted by atomic mass is 10.2. The molecule has 0 bridgehead atoms. The van der Waals surface area contributed by atoms with E-state index >= 15 is 0 Å². The molecular weight excluding hydrogens is 333 g/mol. The summed E-state index contributed by atoms with van der Waals surface area (Å²) in [6, 6.07) is 8.93. The molecule has 1 aliphatic rings. The summed E-state index contributed by atoms with van der Waals surface area (Å²) in [7, 11) is -1.03. The van der Waals surface area contributed by atoms with E-state index < -0.39 is 16.7 Å². The molecule has 3 aromatic rings. The largest absolute Gasteiger partial charge is 0.459 e. The van der Waals surface area contributed by atoms with Gasteiger partial charge in [-0.2, -0.15) is 5.10 Å². The van der Waals surface area contributed by atoms with Crippen LogP contribution in [-0.4, -0.2) is 19.9 Å². The number of hydrogen-bond acceptors (Lipinski definition) is 4. The zero-order valence-corrected chi connectivity index (χ0v) is 13.2. The second-order valence-corrected chi connectivity index (χ2v) is 6.78. The molecule has 0 radical (unpaired) electrons. The van der Waals surface area contributed by atoms with Crippen LogP contribution in [0.4, 0.5) is 10.2 Å². The number of carbonyl (C=O) groups excluding carboxylic acids is 1. The van der Waals surface area contributed by atoms with Gasteiger partial charge in [-0.15, -0.1) is 0 Å². The van der Waals surface area contributed by atoms with Crippen molar-refractivity contribution < 1.29 is 17.8 Å². The van der Waals surface area contributed by atoms with E-state index in [-0.39, 0.29) is 11.6 Å². The zero-order valence-electron chi connectivity index (χ0n) is 12.4. The molecule has 6 nitrogen and oxygen atoms in total. The molecule has 2 aromatic heterocycles. The summed E-state index contributed by atoms with van der Waals surface area (Å²) in [5.41, 5.74) is 2.01. The van der Waals surface area contributed by atoms with E-state index in [1.807, 2.05) is 0 Å². The molecule has 4 rings (SSSR count). The molecule has 3 heterocycles. The number of halogens is 1. The molecular formula is C16H12FN3O3S. The summed E-state index contributed by atoms with van der Waals surface area (Å²) in [6.45, 7) is 0. The number of nitrogens with one attached hydrogen (secondary N) is 1. The molecule has 0 unspecified atom stereocenters. The van der Waals surface area contributed by atoms with E-state index in [2.05, 4.69) is 10.4 Å². The van der Waals surface area contributed by atoms with Gasteiger partial charge in [-0.3, -0.25) is 9.00 Å².